The van der Waals surface area contributed by atoms with Crippen molar-refractivity contribution in [3.05, 3.63) is 57.8 Å². The van der Waals surface area contributed by atoms with Gasteiger partial charge >= 0.3 is 0 Å². The molecule has 1 amide bonds. The number of aromatic nitrogens is 3. The highest BCUT2D eigenvalue weighted by atomic mass is 32.1. The third-order valence-corrected chi connectivity index (χ3v) is 7.01. The molecular formula is C22H26N4OS. The Morgan fingerprint density at radius 1 is 1.21 bits per heavy atom. The second kappa shape index (κ2) is 8.27. The van der Waals surface area contributed by atoms with E-state index in [1.807, 2.05) is 43.0 Å². The highest BCUT2D eigenvalue weighted by molar-refractivity contribution is 7.10. The van der Waals surface area contributed by atoms with Gasteiger partial charge in [0.25, 0.3) is 5.91 Å². The predicted octanol–water partition coefficient (Wildman–Crippen LogP) is 4.85. The summed E-state index contributed by atoms with van der Waals surface area (Å²) in [6.07, 6.45) is 10.1. The lowest BCUT2D eigenvalue weighted by molar-refractivity contribution is 0.0942. The number of aryl methyl sites for hydroxylation is 1. The zero-order valence-corrected chi connectivity index (χ0v) is 17.2. The zero-order chi connectivity index (χ0) is 19.5. The maximum Gasteiger partial charge on any atom is 0.252 e. The van der Waals surface area contributed by atoms with Gasteiger partial charge in [0.15, 0.2) is 0 Å². The maximum absolute atomic E-state index is 12.5. The Hall–Kier alpha value is -2.47. The summed E-state index contributed by atoms with van der Waals surface area (Å²) in [7, 11) is 0. The van der Waals surface area contributed by atoms with Crippen LogP contribution in [0.25, 0.3) is 11.1 Å². The molecule has 4 rings (SSSR count). The van der Waals surface area contributed by atoms with Crippen LogP contribution in [-0.2, 0) is 0 Å². The van der Waals surface area contributed by atoms with E-state index in [2.05, 4.69) is 27.4 Å². The number of H-pyrrole nitrogens is 1. The van der Waals surface area contributed by atoms with Crippen molar-refractivity contribution in [2.75, 3.05) is 6.54 Å². The first kappa shape index (κ1) is 18.9. The molecule has 3 aromatic rings. The molecule has 0 radical (unpaired) electrons. The second-order valence-corrected chi connectivity index (χ2v) is 8.78. The molecule has 28 heavy (non-hydrogen) atoms. The lowest BCUT2D eigenvalue weighted by Crippen LogP contribution is -2.31. The van der Waals surface area contributed by atoms with Gasteiger partial charge in [-0.2, -0.15) is 5.10 Å². The highest BCUT2D eigenvalue weighted by Crippen LogP contribution is 2.38. The molecule has 3 heterocycles. The molecule has 0 saturated heterocycles. The van der Waals surface area contributed by atoms with E-state index in [1.54, 1.807) is 11.3 Å². The van der Waals surface area contributed by atoms with Gasteiger partial charge in [-0.05, 0) is 68.7 Å². The Labute approximate surface area is 169 Å². The molecular weight excluding hydrogens is 368 g/mol. The average Bonchev–Trinajstić information content (AvgIpc) is 3.35. The second-order valence-electron chi connectivity index (χ2n) is 7.69. The van der Waals surface area contributed by atoms with Crippen LogP contribution in [0.1, 0.15) is 58.1 Å². The molecule has 3 aromatic heterocycles. The van der Waals surface area contributed by atoms with Crippen molar-refractivity contribution in [3.8, 4) is 11.1 Å². The van der Waals surface area contributed by atoms with Crippen molar-refractivity contribution in [1.29, 1.82) is 0 Å². The zero-order valence-electron chi connectivity index (χ0n) is 16.4. The van der Waals surface area contributed by atoms with Crippen molar-refractivity contribution in [2.45, 2.75) is 45.4 Å². The number of hydrogen-bond acceptors (Lipinski definition) is 4. The summed E-state index contributed by atoms with van der Waals surface area (Å²) in [6.45, 7) is 4.85. The van der Waals surface area contributed by atoms with Crippen molar-refractivity contribution in [2.24, 2.45) is 5.92 Å². The number of thiophene rings is 1. The number of hydrogen-bond donors (Lipinski definition) is 2. The van der Waals surface area contributed by atoms with Gasteiger partial charge in [-0.3, -0.25) is 14.9 Å². The van der Waals surface area contributed by atoms with Crippen LogP contribution in [0.3, 0.4) is 0 Å². The summed E-state index contributed by atoms with van der Waals surface area (Å²) in [5.74, 6) is 1.12. The minimum Gasteiger partial charge on any atom is -0.352 e. The van der Waals surface area contributed by atoms with Gasteiger partial charge < -0.3 is 5.32 Å². The van der Waals surface area contributed by atoms with Gasteiger partial charge in [-0.25, -0.2) is 0 Å². The molecule has 1 aliphatic carbocycles. The fourth-order valence-corrected chi connectivity index (χ4v) is 4.96. The first-order chi connectivity index (χ1) is 13.6. The molecule has 1 fully saturated rings. The Bertz CT molecular complexity index is 939. The number of nitrogens with zero attached hydrogens (tertiary/aromatic N) is 2. The van der Waals surface area contributed by atoms with E-state index in [4.69, 9.17) is 0 Å². The molecule has 1 saturated carbocycles. The summed E-state index contributed by atoms with van der Waals surface area (Å²) >= 11 is 1.64. The minimum atomic E-state index is 0.0671. The summed E-state index contributed by atoms with van der Waals surface area (Å²) in [6, 6.07) is 4.06. The first-order valence-electron chi connectivity index (χ1n) is 9.90. The number of nitrogens with one attached hydrogen (secondary N) is 2. The molecule has 0 atom stereocenters. The molecule has 2 N–H and O–H groups in total. The number of aromatic amines is 1. The van der Waals surface area contributed by atoms with Crippen molar-refractivity contribution in [1.82, 2.24) is 20.5 Å². The molecule has 0 unspecified atom stereocenters. The van der Waals surface area contributed by atoms with Gasteiger partial charge in [0.1, 0.15) is 0 Å². The molecule has 0 aliphatic heterocycles. The van der Waals surface area contributed by atoms with E-state index >= 15 is 0 Å². The van der Waals surface area contributed by atoms with Crippen LogP contribution in [0, 0.1) is 19.8 Å². The number of amides is 1. The number of rotatable bonds is 5. The predicted molar refractivity (Wildman–Crippen MR) is 113 cm³/mol. The SMILES string of the molecule is Cc1scc(C(=O)NCC2CCC(c3[nH]ncc3-c3ccncc3)CC2)c1C. The fourth-order valence-electron chi connectivity index (χ4n) is 4.09. The van der Waals surface area contributed by atoms with E-state index in [-0.39, 0.29) is 5.91 Å². The van der Waals surface area contributed by atoms with Crippen LogP contribution >= 0.6 is 11.3 Å². The lowest BCUT2D eigenvalue weighted by atomic mass is 9.79. The minimum absolute atomic E-state index is 0.0671. The molecule has 0 aromatic carbocycles. The van der Waals surface area contributed by atoms with Crippen LogP contribution in [0.4, 0.5) is 0 Å². The smallest absolute Gasteiger partial charge is 0.252 e. The molecule has 5 nitrogen and oxygen atoms in total. The topological polar surface area (TPSA) is 70.7 Å². The van der Waals surface area contributed by atoms with E-state index in [0.29, 0.717) is 11.8 Å². The fraction of sp³-hybridized carbons (Fsp3) is 0.409. The summed E-state index contributed by atoms with van der Waals surface area (Å²) in [5, 5.41) is 12.6. The number of carbonyl (C=O) groups is 1. The Kier molecular flexibility index (Phi) is 5.57. The quantitative estimate of drug-likeness (QED) is 0.649. The third kappa shape index (κ3) is 3.87. The third-order valence-electron chi connectivity index (χ3n) is 6.00. The maximum atomic E-state index is 12.5. The van der Waals surface area contributed by atoms with E-state index in [1.165, 1.54) is 16.1 Å². The van der Waals surface area contributed by atoms with Crippen molar-refractivity contribution >= 4 is 17.2 Å². The Morgan fingerprint density at radius 3 is 2.64 bits per heavy atom. The normalized spacial score (nSPS) is 19.5. The summed E-state index contributed by atoms with van der Waals surface area (Å²) < 4.78 is 0. The number of pyridine rings is 1. The van der Waals surface area contributed by atoms with Crippen LogP contribution in [0.15, 0.2) is 36.1 Å². The van der Waals surface area contributed by atoms with Crippen LogP contribution in [0.2, 0.25) is 0 Å². The lowest BCUT2D eigenvalue weighted by Gasteiger charge is -2.28. The van der Waals surface area contributed by atoms with Gasteiger partial charge in [0.05, 0.1) is 11.8 Å². The Balaban J connectivity index is 1.33. The molecule has 0 spiro atoms. The molecule has 6 heteroatoms. The monoisotopic (exact) mass is 394 g/mol. The van der Waals surface area contributed by atoms with Crippen molar-refractivity contribution < 1.29 is 4.79 Å². The molecule has 146 valence electrons. The van der Waals surface area contributed by atoms with E-state index < -0.39 is 0 Å². The average molecular weight is 395 g/mol. The van der Waals surface area contributed by atoms with Gasteiger partial charge in [0.2, 0.25) is 0 Å². The van der Waals surface area contributed by atoms with Gasteiger partial charge in [-0.1, -0.05) is 0 Å². The van der Waals surface area contributed by atoms with Crippen LogP contribution < -0.4 is 5.32 Å². The highest BCUT2D eigenvalue weighted by Gasteiger charge is 2.26. The van der Waals surface area contributed by atoms with E-state index in [9.17, 15) is 4.79 Å². The van der Waals surface area contributed by atoms with Crippen molar-refractivity contribution in [3.63, 3.8) is 0 Å². The molecule has 0 bridgehead atoms. The first-order valence-corrected chi connectivity index (χ1v) is 10.8. The van der Waals surface area contributed by atoms with Gasteiger partial charge in [-0.15, -0.1) is 11.3 Å². The summed E-state index contributed by atoms with van der Waals surface area (Å²) in [5.41, 5.74) is 5.51. The molecule has 1 aliphatic rings. The van der Waals surface area contributed by atoms with Crippen LogP contribution in [-0.4, -0.2) is 27.6 Å². The number of carbonyl (C=O) groups excluding carboxylic acids is 1. The largest absolute Gasteiger partial charge is 0.352 e. The standard InChI is InChI=1S/C22H26N4OS/c1-14-15(2)28-13-20(14)22(27)24-11-16-3-5-18(6-4-16)21-19(12-25-26-21)17-7-9-23-10-8-17/h7-10,12-13,16,18H,3-6,11H2,1-2H3,(H,24,27)(H,25,26). The summed E-state index contributed by atoms with van der Waals surface area (Å²) in [4.78, 5) is 17.8. The van der Waals surface area contributed by atoms with Gasteiger partial charge in [0, 0.05) is 46.4 Å². The van der Waals surface area contributed by atoms with E-state index in [0.717, 1.165) is 48.9 Å². The Morgan fingerprint density at radius 2 is 1.96 bits per heavy atom. The van der Waals surface area contributed by atoms with Crippen LogP contribution in [0.5, 0.6) is 0 Å².